The van der Waals surface area contributed by atoms with Crippen LogP contribution >= 0.6 is 0 Å². The number of esters is 1. The Balaban J connectivity index is 2.48. The van der Waals surface area contributed by atoms with E-state index in [9.17, 15) is 22.4 Å². The normalized spacial score (nSPS) is 11.8. The van der Waals surface area contributed by atoms with Crippen molar-refractivity contribution in [3.63, 3.8) is 0 Å². The van der Waals surface area contributed by atoms with E-state index in [4.69, 9.17) is 0 Å². The maximum Gasteiger partial charge on any atom is 0.321 e. The Morgan fingerprint density at radius 2 is 1.91 bits per heavy atom. The van der Waals surface area contributed by atoms with Crippen LogP contribution in [-0.4, -0.2) is 39.0 Å². The van der Waals surface area contributed by atoms with Gasteiger partial charge in [0.25, 0.3) is 5.91 Å². The number of amides is 1. The Bertz CT molecular complexity index is 683. The smallest absolute Gasteiger partial charge is 0.321 e. The summed E-state index contributed by atoms with van der Waals surface area (Å²) in [7, 11) is -4.04. The number of ether oxygens (including phenoxy) is 1. The fourth-order valence-electron chi connectivity index (χ4n) is 1.52. The molecule has 1 aromatic rings. The Hall–Kier alpha value is -2.00. The van der Waals surface area contributed by atoms with E-state index in [0.29, 0.717) is 0 Å². The minimum absolute atomic E-state index is 0.309. The molecule has 128 valence electrons. The first-order valence-electron chi connectivity index (χ1n) is 6.71. The summed E-state index contributed by atoms with van der Waals surface area (Å²) in [5.74, 6) is -2.14. The minimum atomic E-state index is -4.04. The summed E-state index contributed by atoms with van der Waals surface area (Å²) in [6.07, 6.45) is 0. The molecule has 0 aliphatic heterocycles. The molecule has 0 bridgehead atoms. The maximum atomic E-state index is 13.0. The van der Waals surface area contributed by atoms with Crippen molar-refractivity contribution in [2.24, 2.45) is 0 Å². The van der Waals surface area contributed by atoms with Crippen molar-refractivity contribution in [3.05, 3.63) is 30.1 Å². The Kier molecular flexibility index (Phi) is 6.22. The molecule has 23 heavy (non-hydrogen) atoms. The van der Waals surface area contributed by atoms with E-state index in [-0.39, 0.29) is 4.90 Å². The first-order chi connectivity index (χ1) is 10.5. The number of nitrogens with one attached hydrogen (secondary N) is 2. The average molecular weight is 346 g/mol. The van der Waals surface area contributed by atoms with Crippen LogP contribution in [0.4, 0.5) is 4.39 Å². The minimum Gasteiger partial charge on any atom is -0.455 e. The molecule has 9 heteroatoms. The van der Waals surface area contributed by atoms with Crippen molar-refractivity contribution < 1.29 is 27.1 Å². The second kappa shape index (κ2) is 7.51. The summed E-state index contributed by atoms with van der Waals surface area (Å²) in [6, 6.07) is 4.35. The molecule has 2 N–H and O–H groups in total. The molecule has 0 aliphatic carbocycles. The predicted molar refractivity (Wildman–Crippen MR) is 80.4 cm³/mol. The molecular weight excluding hydrogens is 327 g/mol. The number of benzene rings is 1. The molecule has 0 saturated carbocycles. The molecular formula is C14H19FN2O5S. The van der Waals surface area contributed by atoms with Gasteiger partial charge in [0.05, 0.1) is 4.90 Å². The van der Waals surface area contributed by atoms with Crippen LogP contribution in [-0.2, 0) is 24.3 Å². The SMILES string of the molecule is CC(C)(C)NC(=O)COC(=O)CNS(=O)(=O)c1cccc(F)c1. The molecule has 0 fully saturated rings. The molecule has 0 aliphatic rings. The molecule has 7 nitrogen and oxygen atoms in total. The van der Waals surface area contributed by atoms with Crippen LogP contribution in [0.15, 0.2) is 29.2 Å². The van der Waals surface area contributed by atoms with Gasteiger partial charge in [0.15, 0.2) is 6.61 Å². The van der Waals surface area contributed by atoms with Crippen LogP contribution in [0.2, 0.25) is 0 Å². The molecule has 1 amide bonds. The lowest BCUT2D eigenvalue weighted by Gasteiger charge is -2.20. The molecule has 1 rings (SSSR count). The van der Waals surface area contributed by atoms with Gasteiger partial charge in [-0.05, 0) is 39.0 Å². The Morgan fingerprint density at radius 1 is 1.26 bits per heavy atom. The van der Waals surface area contributed by atoms with E-state index < -0.39 is 46.4 Å². The van der Waals surface area contributed by atoms with Gasteiger partial charge in [-0.25, -0.2) is 12.8 Å². The topological polar surface area (TPSA) is 102 Å². The van der Waals surface area contributed by atoms with E-state index in [0.717, 1.165) is 12.1 Å². The highest BCUT2D eigenvalue weighted by Crippen LogP contribution is 2.09. The first kappa shape index (κ1) is 19.0. The van der Waals surface area contributed by atoms with Crippen LogP contribution in [0.3, 0.4) is 0 Å². The second-order valence-corrected chi connectivity index (χ2v) is 7.51. The van der Waals surface area contributed by atoms with E-state index in [1.807, 2.05) is 4.72 Å². The van der Waals surface area contributed by atoms with Crippen LogP contribution in [0, 0.1) is 5.82 Å². The van der Waals surface area contributed by atoms with E-state index in [1.54, 1.807) is 20.8 Å². The third kappa shape index (κ3) is 7.20. The fraction of sp³-hybridized carbons (Fsp3) is 0.429. The molecule has 1 aromatic carbocycles. The van der Waals surface area contributed by atoms with Gasteiger partial charge in [0.1, 0.15) is 12.4 Å². The summed E-state index contributed by atoms with van der Waals surface area (Å²) >= 11 is 0. The van der Waals surface area contributed by atoms with Crippen LogP contribution < -0.4 is 10.0 Å². The number of carbonyl (C=O) groups excluding carboxylic acids is 2. The Labute approximate surface area is 134 Å². The van der Waals surface area contributed by atoms with Gasteiger partial charge in [0.2, 0.25) is 10.0 Å². The molecule has 0 atom stereocenters. The standard InChI is InChI=1S/C14H19FN2O5S/c1-14(2,3)17-12(18)9-22-13(19)8-16-23(20,21)11-6-4-5-10(15)7-11/h4-7,16H,8-9H2,1-3H3,(H,17,18). The van der Waals surface area contributed by atoms with Crippen LogP contribution in [0.5, 0.6) is 0 Å². The number of rotatable bonds is 6. The summed E-state index contributed by atoms with van der Waals surface area (Å²) in [5.41, 5.74) is -0.470. The zero-order valence-corrected chi connectivity index (χ0v) is 13.9. The summed E-state index contributed by atoms with van der Waals surface area (Å²) in [5, 5.41) is 2.58. The molecule has 0 unspecified atom stereocenters. The highest BCUT2D eigenvalue weighted by Gasteiger charge is 2.18. The lowest BCUT2D eigenvalue weighted by molar-refractivity contribution is -0.147. The first-order valence-corrected chi connectivity index (χ1v) is 8.20. The van der Waals surface area contributed by atoms with Crippen LogP contribution in [0.25, 0.3) is 0 Å². The van der Waals surface area contributed by atoms with Crippen LogP contribution in [0.1, 0.15) is 20.8 Å². The monoisotopic (exact) mass is 346 g/mol. The molecule has 0 heterocycles. The number of carbonyl (C=O) groups is 2. The average Bonchev–Trinajstić information content (AvgIpc) is 2.41. The van der Waals surface area contributed by atoms with Crippen molar-refractivity contribution in [1.82, 2.24) is 10.0 Å². The molecule has 0 saturated heterocycles. The van der Waals surface area contributed by atoms with E-state index >= 15 is 0 Å². The van der Waals surface area contributed by atoms with Gasteiger partial charge >= 0.3 is 5.97 Å². The van der Waals surface area contributed by atoms with E-state index in [1.165, 1.54) is 12.1 Å². The number of hydrogen-bond donors (Lipinski definition) is 2. The zero-order chi connectivity index (χ0) is 17.7. The summed E-state index contributed by atoms with van der Waals surface area (Å²) < 4.78 is 43.3. The van der Waals surface area contributed by atoms with Crippen molar-refractivity contribution in [3.8, 4) is 0 Å². The zero-order valence-electron chi connectivity index (χ0n) is 13.1. The van der Waals surface area contributed by atoms with Crippen molar-refractivity contribution in [1.29, 1.82) is 0 Å². The number of sulfonamides is 1. The lowest BCUT2D eigenvalue weighted by atomic mass is 10.1. The van der Waals surface area contributed by atoms with Gasteiger partial charge in [-0.2, -0.15) is 4.72 Å². The highest BCUT2D eigenvalue weighted by atomic mass is 32.2. The largest absolute Gasteiger partial charge is 0.455 e. The maximum absolute atomic E-state index is 13.0. The predicted octanol–water partition coefficient (Wildman–Crippen LogP) is 0.562. The lowest BCUT2D eigenvalue weighted by Crippen LogP contribution is -2.43. The van der Waals surface area contributed by atoms with E-state index in [2.05, 4.69) is 10.1 Å². The Morgan fingerprint density at radius 3 is 2.48 bits per heavy atom. The third-order valence-corrected chi connectivity index (χ3v) is 3.79. The number of hydrogen-bond acceptors (Lipinski definition) is 5. The van der Waals surface area contributed by atoms with Gasteiger partial charge in [-0.1, -0.05) is 6.07 Å². The molecule has 0 aromatic heterocycles. The van der Waals surface area contributed by atoms with Gasteiger partial charge in [0, 0.05) is 5.54 Å². The summed E-state index contributed by atoms with van der Waals surface area (Å²) in [4.78, 5) is 22.6. The second-order valence-electron chi connectivity index (χ2n) is 5.74. The van der Waals surface area contributed by atoms with Gasteiger partial charge in [-0.15, -0.1) is 0 Å². The number of halogens is 1. The quantitative estimate of drug-likeness (QED) is 0.733. The van der Waals surface area contributed by atoms with Crippen molar-refractivity contribution in [2.75, 3.05) is 13.2 Å². The summed E-state index contributed by atoms with van der Waals surface area (Å²) in [6.45, 7) is 4.11. The van der Waals surface area contributed by atoms with Gasteiger partial charge < -0.3 is 10.1 Å². The van der Waals surface area contributed by atoms with Gasteiger partial charge in [-0.3, -0.25) is 9.59 Å². The fourth-order valence-corrected chi connectivity index (χ4v) is 2.52. The molecule has 0 spiro atoms. The highest BCUT2D eigenvalue weighted by molar-refractivity contribution is 7.89. The van der Waals surface area contributed by atoms with Crippen molar-refractivity contribution in [2.45, 2.75) is 31.2 Å². The van der Waals surface area contributed by atoms with Crippen molar-refractivity contribution >= 4 is 21.9 Å². The molecule has 0 radical (unpaired) electrons. The third-order valence-electron chi connectivity index (χ3n) is 2.39.